The van der Waals surface area contributed by atoms with Crippen LogP contribution in [0.1, 0.15) is 39.3 Å². The lowest BCUT2D eigenvalue weighted by Crippen LogP contribution is -2.50. The van der Waals surface area contributed by atoms with Crippen molar-refractivity contribution >= 4 is 23.4 Å². The number of rotatable bonds is 2. The number of halogens is 1. The van der Waals surface area contributed by atoms with Crippen LogP contribution < -0.4 is 0 Å². The molecule has 0 spiro atoms. The molecule has 1 aromatic heterocycles. The van der Waals surface area contributed by atoms with Gasteiger partial charge < -0.3 is 9.80 Å². The van der Waals surface area contributed by atoms with E-state index in [0.29, 0.717) is 36.8 Å². The number of aromatic nitrogens is 2. The van der Waals surface area contributed by atoms with Crippen molar-refractivity contribution in [2.75, 3.05) is 26.2 Å². The molecule has 1 aromatic carbocycles. The summed E-state index contributed by atoms with van der Waals surface area (Å²) >= 11 is 5.88. The monoisotopic (exact) mass is 372 g/mol. The highest BCUT2D eigenvalue weighted by molar-refractivity contribution is 6.30. The Labute approximate surface area is 157 Å². The first-order chi connectivity index (χ1) is 12.6. The van der Waals surface area contributed by atoms with Gasteiger partial charge in [-0.2, -0.15) is 5.10 Å². The van der Waals surface area contributed by atoms with Gasteiger partial charge in [-0.25, -0.2) is 0 Å². The van der Waals surface area contributed by atoms with E-state index in [4.69, 9.17) is 11.6 Å². The second kappa shape index (κ2) is 7.11. The number of amides is 2. The van der Waals surface area contributed by atoms with Crippen LogP contribution in [0.15, 0.2) is 30.5 Å². The maximum absolute atomic E-state index is 12.9. The Morgan fingerprint density at radius 3 is 2.23 bits per heavy atom. The molecule has 0 radical (unpaired) electrons. The smallest absolute Gasteiger partial charge is 0.257 e. The molecule has 26 heavy (non-hydrogen) atoms. The molecule has 7 heteroatoms. The normalized spacial score (nSPS) is 17.1. The molecule has 1 saturated heterocycles. The first-order valence-corrected chi connectivity index (χ1v) is 9.40. The average Bonchev–Trinajstić information content (AvgIpc) is 3.12. The topological polar surface area (TPSA) is 58.4 Å². The number of nitrogens with zero attached hydrogens (tertiary/aromatic N) is 4. The number of carbonyl (C=O) groups is 2. The fraction of sp³-hybridized carbons (Fsp3) is 0.421. The van der Waals surface area contributed by atoms with Crippen LogP contribution >= 0.6 is 11.6 Å². The molecule has 3 heterocycles. The quantitative estimate of drug-likeness (QED) is 0.813. The molecule has 4 rings (SSSR count). The van der Waals surface area contributed by atoms with Gasteiger partial charge in [0.2, 0.25) is 0 Å². The molecule has 2 aliphatic heterocycles. The van der Waals surface area contributed by atoms with Crippen molar-refractivity contribution in [1.29, 1.82) is 0 Å². The lowest BCUT2D eigenvalue weighted by atomic mass is 10.1. The van der Waals surface area contributed by atoms with Crippen LogP contribution in [0.5, 0.6) is 0 Å². The third-order valence-electron chi connectivity index (χ3n) is 5.16. The molecule has 0 aliphatic carbocycles. The molecule has 2 aromatic rings. The van der Waals surface area contributed by atoms with E-state index in [1.807, 2.05) is 9.58 Å². The minimum atomic E-state index is -0.0170. The van der Waals surface area contributed by atoms with Crippen LogP contribution in [0.3, 0.4) is 0 Å². The van der Waals surface area contributed by atoms with Crippen LogP contribution in [0, 0.1) is 0 Å². The van der Waals surface area contributed by atoms with Gasteiger partial charge in [-0.1, -0.05) is 11.6 Å². The number of benzene rings is 1. The molecule has 6 nitrogen and oxygen atoms in total. The Kier molecular flexibility index (Phi) is 4.68. The Morgan fingerprint density at radius 2 is 1.54 bits per heavy atom. The van der Waals surface area contributed by atoms with Gasteiger partial charge in [0.15, 0.2) is 0 Å². The maximum Gasteiger partial charge on any atom is 0.257 e. The predicted molar refractivity (Wildman–Crippen MR) is 98.4 cm³/mol. The summed E-state index contributed by atoms with van der Waals surface area (Å²) in [7, 11) is 0. The molecule has 1 fully saturated rings. The SMILES string of the molecule is O=C(c1ccc(Cl)cc1)N1CCN(C(=O)c2cnn3c2CCCC3)CC1. The van der Waals surface area contributed by atoms with Crippen LogP contribution in [-0.2, 0) is 13.0 Å². The average molecular weight is 373 g/mol. The second-order valence-corrected chi connectivity index (χ2v) is 7.21. The Hall–Kier alpha value is -2.34. The summed E-state index contributed by atoms with van der Waals surface area (Å²) in [5.74, 6) is 0.0171. The third-order valence-corrected chi connectivity index (χ3v) is 5.41. The number of carbonyl (C=O) groups excluding carboxylic acids is 2. The molecule has 0 N–H and O–H groups in total. The standard InChI is InChI=1S/C19H21ClN4O2/c20-15-6-4-14(5-7-15)18(25)22-9-11-23(12-10-22)19(26)16-13-21-24-8-2-1-3-17(16)24/h4-7,13H,1-3,8-12H2. The first-order valence-electron chi connectivity index (χ1n) is 9.02. The van der Waals surface area contributed by atoms with Crippen molar-refractivity contribution in [2.24, 2.45) is 0 Å². The van der Waals surface area contributed by atoms with E-state index in [9.17, 15) is 9.59 Å². The van der Waals surface area contributed by atoms with E-state index in [-0.39, 0.29) is 11.8 Å². The molecule has 0 atom stereocenters. The molecular formula is C19H21ClN4O2. The fourth-order valence-corrected chi connectivity index (χ4v) is 3.78. The van der Waals surface area contributed by atoms with Crippen LogP contribution in [0.25, 0.3) is 0 Å². The molecule has 0 bridgehead atoms. The van der Waals surface area contributed by atoms with Crippen LogP contribution in [-0.4, -0.2) is 57.6 Å². The summed E-state index contributed by atoms with van der Waals surface area (Å²) in [6.07, 6.45) is 4.84. The largest absolute Gasteiger partial charge is 0.335 e. The van der Waals surface area contributed by atoms with Gasteiger partial charge in [0.25, 0.3) is 11.8 Å². The molecule has 2 amide bonds. The number of hydrogen-bond acceptors (Lipinski definition) is 3. The Morgan fingerprint density at radius 1 is 0.885 bits per heavy atom. The van der Waals surface area contributed by atoms with Crippen molar-refractivity contribution < 1.29 is 9.59 Å². The number of fused-ring (bicyclic) bond motifs is 1. The van der Waals surface area contributed by atoms with E-state index in [2.05, 4.69) is 5.10 Å². The van der Waals surface area contributed by atoms with E-state index >= 15 is 0 Å². The van der Waals surface area contributed by atoms with Crippen LogP contribution in [0.2, 0.25) is 5.02 Å². The second-order valence-electron chi connectivity index (χ2n) is 6.78. The molecule has 0 unspecified atom stereocenters. The molecule has 2 aliphatic rings. The van der Waals surface area contributed by atoms with E-state index in [0.717, 1.165) is 37.1 Å². The summed E-state index contributed by atoms with van der Waals surface area (Å²) in [5.41, 5.74) is 2.41. The number of aryl methyl sites for hydroxylation is 1. The highest BCUT2D eigenvalue weighted by Gasteiger charge is 2.28. The Balaban J connectivity index is 1.40. The van der Waals surface area contributed by atoms with Crippen molar-refractivity contribution in [1.82, 2.24) is 19.6 Å². The maximum atomic E-state index is 12.9. The number of hydrogen-bond donors (Lipinski definition) is 0. The van der Waals surface area contributed by atoms with Gasteiger partial charge in [-0.3, -0.25) is 14.3 Å². The Bertz CT molecular complexity index is 823. The van der Waals surface area contributed by atoms with Gasteiger partial charge in [0, 0.05) is 43.3 Å². The minimum absolute atomic E-state index is 0.0170. The van der Waals surface area contributed by atoms with Gasteiger partial charge in [-0.15, -0.1) is 0 Å². The van der Waals surface area contributed by atoms with Gasteiger partial charge >= 0.3 is 0 Å². The summed E-state index contributed by atoms with van der Waals surface area (Å²) in [5, 5.41) is 4.97. The zero-order valence-electron chi connectivity index (χ0n) is 14.5. The fourth-order valence-electron chi connectivity index (χ4n) is 3.66. The number of piperazine rings is 1. The first kappa shape index (κ1) is 17.1. The molecule has 0 saturated carbocycles. The lowest BCUT2D eigenvalue weighted by Gasteiger charge is -2.35. The highest BCUT2D eigenvalue weighted by Crippen LogP contribution is 2.20. The van der Waals surface area contributed by atoms with Crippen LogP contribution in [0.4, 0.5) is 0 Å². The predicted octanol–water partition coefficient (Wildman–Crippen LogP) is 2.47. The zero-order valence-corrected chi connectivity index (χ0v) is 15.3. The zero-order chi connectivity index (χ0) is 18.1. The van der Waals surface area contributed by atoms with Gasteiger partial charge in [0.1, 0.15) is 0 Å². The lowest BCUT2D eigenvalue weighted by molar-refractivity contribution is 0.0534. The van der Waals surface area contributed by atoms with Crippen molar-refractivity contribution in [3.8, 4) is 0 Å². The van der Waals surface area contributed by atoms with E-state index in [1.165, 1.54) is 0 Å². The van der Waals surface area contributed by atoms with Gasteiger partial charge in [0.05, 0.1) is 17.5 Å². The minimum Gasteiger partial charge on any atom is -0.335 e. The summed E-state index contributed by atoms with van der Waals surface area (Å²) in [6.45, 7) is 3.06. The molecule has 136 valence electrons. The van der Waals surface area contributed by atoms with E-state index in [1.54, 1.807) is 35.4 Å². The highest BCUT2D eigenvalue weighted by atomic mass is 35.5. The summed E-state index contributed by atoms with van der Waals surface area (Å²) in [4.78, 5) is 29.1. The molecular weight excluding hydrogens is 352 g/mol. The van der Waals surface area contributed by atoms with Crippen molar-refractivity contribution in [2.45, 2.75) is 25.8 Å². The van der Waals surface area contributed by atoms with Gasteiger partial charge in [-0.05, 0) is 43.5 Å². The van der Waals surface area contributed by atoms with E-state index < -0.39 is 0 Å². The van der Waals surface area contributed by atoms with Crippen molar-refractivity contribution in [3.05, 3.63) is 52.3 Å². The summed E-state index contributed by atoms with van der Waals surface area (Å²) < 4.78 is 1.96. The third kappa shape index (κ3) is 3.21. The summed E-state index contributed by atoms with van der Waals surface area (Å²) in [6, 6.07) is 6.91. The van der Waals surface area contributed by atoms with Crippen molar-refractivity contribution in [3.63, 3.8) is 0 Å².